The highest BCUT2D eigenvalue weighted by Gasteiger charge is 2.96. The van der Waals surface area contributed by atoms with Gasteiger partial charge in [-0.2, -0.15) is 74.6 Å². The summed E-state index contributed by atoms with van der Waals surface area (Å²) in [7, 11) is -7.53. The van der Waals surface area contributed by atoms with Crippen LogP contribution in [0.1, 0.15) is 33.1 Å². The molecule has 0 amide bonds. The Balaban J connectivity index is 6.79. The monoisotopic (exact) mass is 653 g/mol. The molecule has 0 aromatic carbocycles. The van der Waals surface area contributed by atoms with Crippen LogP contribution in [0.5, 0.6) is 0 Å². The van der Waals surface area contributed by atoms with Crippen LogP contribution in [0, 0.1) is 0 Å². The number of rotatable bonds is 14. The Morgan fingerprint density at radius 1 is 0.725 bits per heavy atom. The summed E-state index contributed by atoms with van der Waals surface area (Å²) in [6.45, 7) is 1.88. The van der Waals surface area contributed by atoms with E-state index in [0.29, 0.717) is 11.6 Å². The lowest BCUT2D eigenvalue weighted by Gasteiger charge is -2.42. The van der Waals surface area contributed by atoms with Gasteiger partial charge in [-0.05, 0) is 19.8 Å². The third kappa shape index (κ3) is 5.80. The summed E-state index contributed by atoms with van der Waals surface area (Å²) < 4.78 is 250. The SMILES string of the molecule is CCCC/C(=C/C(C)NS(=O)(=O)C(F)(F)C(F)(F)C(F)(F)C(F)(F)C(F)(F)C(F)(F)C(F)(F)C(F)(F)F)C(=O)O. The van der Waals surface area contributed by atoms with Gasteiger partial charge in [0.25, 0.3) is 10.0 Å². The fraction of sp³-hybridized carbons (Fsp3) is 0.824. The summed E-state index contributed by atoms with van der Waals surface area (Å²) in [5.41, 5.74) is -0.795. The van der Waals surface area contributed by atoms with E-state index in [1.165, 1.54) is 6.92 Å². The zero-order chi connectivity index (χ0) is 32.8. The minimum atomic E-state index is -8.93. The van der Waals surface area contributed by atoms with Crippen molar-refractivity contribution in [2.45, 2.75) is 86.1 Å². The van der Waals surface area contributed by atoms with Gasteiger partial charge in [-0.1, -0.05) is 19.4 Å². The zero-order valence-corrected chi connectivity index (χ0v) is 20.1. The Labute approximate surface area is 212 Å². The van der Waals surface area contributed by atoms with Crippen molar-refractivity contribution in [3.05, 3.63) is 11.6 Å². The van der Waals surface area contributed by atoms with Crippen molar-refractivity contribution in [3.63, 3.8) is 0 Å². The molecule has 0 fully saturated rings. The number of hydrogen-bond acceptors (Lipinski definition) is 3. The molecule has 0 aliphatic rings. The molecule has 5 nitrogen and oxygen atoms in total. The van der Waals surface area contributed by atoms with Crippen LogP contribution in [0.25, 0.3) is 0 Å². The molecule has 0 aliphatic carbocycles. The van der Waals surface area contributed by atoms with E-state index in [4.69, 9.17) is 5.11 Å². The first-order valence-corrected chi connectivity index (χ1v) is 11.4. The quantitative estimate of drug-likeness (QED) is 0.167. The summed E-state index contributed by atoms with van der Waals surface area (Å²) in [5, 5.41) is 1.21. The Hall–Kier alpha value is -2.07. The topological polar surface area (TPSA) is 83.5 Å². The minimum Gasteiger partial charge on any atom is -0.478 e. The predicted octanol–water partition coefficient (Wildman–Crippen LogP) is 6.46. The number of carboxylic acid groups (broad SMARTS) is 1. The number of unbranched alkanes of at least 4 members (excludes halogenated alkanes) is 1. The molecular formula is C17H16F17NO4S. The molecule has 0 spiro atoms. The standard InChI is InChI=1S/C17H16F17NO4S/c1-3-4-5-8(9(36)37)6-7(2)35-40(38,39)17(33,34)15(28,29)13(24,25)11(20,21)10(18,19)12(22,23)14(26,27)16(30,31)32/h6-7,35H,3-5H2,1-2H3,(H,36,37)/b8-6-. The number of carboxylic acids is 1. The molecule has 0 heterocycles. The van der Waals surface area contributed by atoms with Gasteiger partial charge in [0.05, 0.1) is 0 Å². The van der Waals surface area contributed by atoms with Crippen LogP contribution in [0.4, 0.5) is 74.6 Å². The molecule has 0 saturated carbocycles. The number of alkyl halides is 17. The van der Waals surface area contributed by atoms with Crippen LogP contribution in [-0.2, 0) is 14.8 Å². The van der Waals surface area contributed by atoms with Crippen molar-refractivity contribution in [1.82, 2.24) is 4.72 Å². The summed E-state index contributed by atoms with van der Waals surface area (Å²) in [6, 6.07) is -2.37. The van der Waals surface area contributed by atoms with Gasteiger partial charge < -0.3 is 5.11 Å². The van der Waals surface area contributed by atoms with Crippen LogP contribution in [0.15, 0.2) is 11.6 Å². The van der Waals surface area contributed by atoms with E-state index < -0.39 is 81.0 Å². The number of aliphatic carboxylic acids is 1. The van der Waals surface area contributed by atoms with Crippen LogP contribution in [0.2, 0.25) is 0 Å². The smallest absolute Gasteiger partial charge is 0.460 e. The maximum Gasteiger partial charge on any atom is 0.460 e. The number of hydrogen-bond donors (Lipinski definition) is 2. The van der Waals surface area contributed by atoms with Crippen molar-refractivity contribution in [2.75, 3.05) is 0 Å². The lowest BCUT2D eigenvalue weighted by atomic mass is 9.91. The fourth-order valence-electron chi connectivity index (χ4n) is 2.60. The minimum absolute atomic E-state index is 0.0410. The van der Waals surface area contributed by atoms with Gasteiger partial charge in [0.1, 0.15) is 0 Å². The van der Waals surface area contributed by atoms with Gasteiger partial charge in [-0.3, -0.25) is 0 Å². The maximum atomic E-state index is 14.1. The molecule has 0 aromatic heterocycles. The van der Waals surface area contributed by atoms with Crippen molar-refractivity contribution in [3.8, 4) is 0 Å². The third-order valence-corrected chi connectivity index (χ3v) is 6.51. The number of carbonyl (C=O) groups is 1. The van der Waals surface area contributed by atoms with Gasteiger partial charge in [-0.15, -0.1) is 0 Å². The normalized spacial score (nSPS) is 16.7. The Morgan fingerprint density at radius 2 is 1.07 bits per heavy atom. The van der Waals surface area contributed by atoms with E-state index in [2.05, 4.69) is 0 Å². The molecule has 0 aromatic rings. The van der Waals surface area contributed by atoms with Crippen molar-refractivity contribution in [1.29, 1.82) is 0 Å². The predicted molar refractivity (Wildman–Crippen MR) is 97.4 cm³/mol. The average molecular weight is 653 g/mol. The van der Waals surface area contributed by atoms with E-state index in [1.54, 1.807) is 0 Å². The first-order valence-electron chi connectivity index (χ1n) is 9.93. The van der Waals surface area contributed by atoms with Gasteiger partial charge in [-0.25, -0.2) is 17.9 Å². The molecule has 238 valence electrons. The third-order valence-electron chi connectivity index (χ3n) is 4.90. The van der Waals surface area contributed by atoms with Gasteiger partial charge in [0.2, 0.25) is 0 Å². The van der Waals surface area contributed by atoms with Gasteiger partial charge in [0, 0.05) is 11.6 Å². The average Bonchev–Trinajstić information content (AvgIpc) is 2.74. The second-order valence-corrected chi connectivity index (χ2v) is 9.73. The van der Waals surface area contributed by atoms with Crippen LogP contribution in [0.3, 0.4) is 0 Å². The van der Waals surface area contributed by atoms with E-state index in [9.17, 15) is 87.8 Å². The first kappa shape index (κ1) is 37.9. The second-order valence-electron chi connectivity index (χ2n) is 7.97. The number of halogens is 17. The van der Waals surface area contributed by atoms with Gasteiger partial charge >= 0.3 is 52.9 Å². The Bertz CT molecular complexity index is 1070. The molecule has 23 heteroatoms. The van der Waals surface area contributed by atoms with E-state index in [1.807, 2.05) is 0 Å². The molecule has 0 radical (unpaired) electrons. The largest absolute Gasteiger partial charge is 0.478 e. The Morgan fingerprint density at radius 3 is 1.40 bits per heavy atom. The molecule has 1 atom stereocenters. The maximum absolute atomic E-state index is 14.1. The van der Waals surface area contributed by atoms with Crippen LogP contribution < -0.4 is 4.72 Å². The molecule has 0 saturated heterocycles. The van der Waals surface area contributed by atoms with E-state index >= 15 is 0 Å². The zero-order valence-electron chi connectivity index (χ0n) is 19.3. The molecule has 1 unspecified atom stereocenters. The molecule has 0 bridgehead atoms. The summed E-state index contributed by atoms with van der Waals surface area (Å²) >= 11 is 0. The molecule has 0 aliphatic heterocycles. The van der Waals surface area contributed by atoms with Crippen molar-refractivity contribution in [2.24, 2.45) is 0 Å². The molecular weight excluding hydrogens is 637 g/mol. The summed E-state index contributed by atoms with van der Waals surface area (Å²) in [6.07, 6.45) is -7.80. The highest BCUT2D eigenvalue weighted by molar-refractivity contribution is 7.90. The lowest BCUT2D eigenvalue weighted by Crippen LogP contribution is -2.75. The number of sulfonamides is 1. The highest BCUT2D eigenvalue weighted by atomic mass is 32.2. The second kappa shape index (κ2) is 11.0. The fourth-order valence-corrected chi connectivity index (χ4v) is 3.77. The van der Waals surface area contributed by atoms with Crippen molar-refractivity contribution >= 4 is 16.0 Å². The first-order chi connectivity index (χ1) is 17.3. The highest BCUT2D eigenvalue weighted by Crippen LogP contribution is 2.64. The molecule has 40 heavy (non-hydrogen) atoms. The van der Waals surface area contributed by atoms with Crippen LogP contribution >= 0.6 is 0 Å². The Kier molecular flexibility index (Phi) is 10.4. The van der Waals surface area contributed by atoms with Crippen molar-refractivity contribution < 1.29 is 93.0 Å². The lowest BCUT2D eigenvalue weighted by molar-refractivity contribution is -0.458. The molecule has 0 rings (SSSR count). The van der Waals surface area contributed by atoms with E-state index in [-0.39, 0.29) is 18.9 Å². The summed E-state index contributed by atoms with van der Waals surface area (Å²) in [4.78, 5) is 11.1. The summed E-state index contributed by atoms with van der Waals surface area (Å²) in [5.74, 6) is -54.0. The number of nitrogens with one attached hydrogen (secondary N) is 1. The van der Waals surface area contributed by atoms with E-state index in [0.717, 1.165) is 0 Å². The van der Waals surface area contributed by atoms with Crippen LogP contribution in [-0.4, -0.2) is 72.5 Å². The van der Waals surface area contributed by atoms with Gasteiger partial charge in [0.15, 0.2) is 0 Å². The molecule has 2 N–H and O–H groups in total.